The molecule has 2 rings (SSSR count). The Morgan fingerprint density at radius 1 is 1.12 bits per heavy atom. The third kappa shape index (κ3) is 2.71. The molecule has 1 unspecified atom stereocenters. The molecule has 1 atom stereocenters. The highest BCUT2D eigenvalue weighted by Gasteiger charge is 2.13. The van der Waals surface area contributed by atoms with E-state index in [4.69, 9.17) is 17.3 Å². The van der Waals surface area contributed by atoms with E-state index in [1.807, 2.05) is 36.4 Å². The van der Waals surface area contributed by atoms with Gasteiger partial charge in [0, 0.05) is 9.50 Å². The van der Waals surface area contributed by atoms with Crippen LogP contribution >= 0.6 is 27.5 Å². The normalized spacial score (nSPS) is 12.5. The van der Waals surface area contributed by atoms with Gasteiger partial charge in [-0.3, -0.25) is 0 Å². The lowest BCUT2D eigenvalue weighted by Crippen LogP contribution is -2.13. The number of hydrogen-bond acceptors (Lipinski definition) is 1. The highest BCUT2D eigenvalue weighted by molar-refractivity contribution is 9.10. The monoisotopic (exact) mass is 309 g/mol. The van der Waals surface area contributed by atoms with Gasteiger partial charge in [0.25, 0.3) is 0 Å². The van der Waals surface area contributed by atoms with Crippen LogP contribution in [0.1, 0.15) is 22.7 Å². The zero-order valence-electron chi connectivity index (χ0n) is 9.45. The molecule has 0 aliphatic carbocycles. The van der Waals surface area contributed by atoms with Gasteiger partial charge >= 0.3 is 0 Å². The predicted molar refractivity (Wildman–Crippen MR) is 76.4 cm³/mol. The summed E-state index contributed by atoms with van der Waals surface area (Å²) in [5.41, 5.74) is 9.48. The van der Waals surface area contributed by atoms with E-state index in [2.05, 4.69) is 28.9 Å². The van der Waals surface area contributed by atoms with Gasteiger partial charge in [0.1, 0.15) is 0 Å². The van der Waals surface area contributed by atoms with Crippen molar-refractivity contribution in [2.45, 2.75) is 13.0 Å². The zero-order chi connectivity index (χ0) is 12.4. The van der Waals surface area contributed by atoms with Crippen LogP contribution in [0.2, 0.25) is 5.02 Å². The second kappa shape index (κ2) is 5.21. The van der Waals surface area contributed by atoms with E-state index in [9.17, 15) is 0 Å². The van der Waals surface area contributed by atoms with Crippen LogP contribution in [0.3, 0.4) is 0 Å². The zero-order valence-corrected chi connectivity index (χ0v) is 11.8. The average Bonchev–Trinajstić information content (AvgIpc) is 2.29. The first-order valence-corrected chi connectivity index (χ1v) is 6.52. The number of benzene rings is 2. The van der Waals surface area contributed by atoms with Crippen LogP contribution in [0.25, 0.3) is 0 Å². The molecule has 17 heavy (non-hydrogen) atoms. The molecule has 0 aliphatic rings. The Morgan fingerprint density at radius 2 is 1.82 bits per heavy atom. The number of hydrogen-bond donors (Lipinski definition) is 1. The van der Waals surface area contributed by atoms with E-state index in [1.54, 1.807) is 0 Å². The summed E-state index contributed by atoms with van der Waals surface area (Å²) in [6.07, 6.45) is 0. The molecule has 0 fully saturated rings. The molecule has 2 aromatic rings. The first kappa shape index (κ1) is 12.6. The van der Waals surface area contributed by atoms with Crippen molar-refractivity contribution in [1.29, 1.82) is 0 Å². The molecular weight excluding hydrogens is 298 g/mol. The fourth-order valence-electron chi connectivity index (χ4n) is 1.88. The van der Waals surface area contributed by atoms with Crippen molar-refractivity contribution in [3.8, 4) is 0 Å². The predicted octanol–water partition coefficient (Wildman–Crippen LogP) is 4.46. The minimum Gasteiger partial charge on any atom is -0.320 e. The van der Waals surface area contributed by atoms with Crippen molar-refractivity contribution in [2.75, 3.05) is 0 Å². The van der Waals surface area contributed by atoms with E-state index in [1.165, 1.54) is 0 Å². The molecule has 2 aromatic carbocycles. The second-order valence-corrected chi connectivity index (χ2v) is 5.32. The first-order valence-electron chi connectivity index (χ1n) is 5.35. The molecule has 0 bridgehead atoms. The van der Waals surface area contributed by atoms with Gasteiger partial charge in [-0.05, 0) is 41.8 Å². The van der Waals surface area contributed by atoms with Gasteiger partial charge in [-0.2, -0.15) is 0 Å². The molecule has 2 N–H and O–H groups in total. The van der Waals surface area contributed by atoms with Crippen LogP contribution < -0.4 is 5.73 Å². The lowest BCUT2D eigenvalue weighted by atomic mass is 9.96. The summed E-state index contributed by atoms with van der Waals surface area (Å²) >= 11 is 9.61. The van der Waals surface area contributed by atoms with Gasteiger partial charge < -0.3 is 5.73 Å². The van der Waals surface area contributed by atoms with Crippen LogP contribution in [0.5, 0.6) is 0 Å². The molecule has 0 heterocycles. The first-order chi connectivity index (χ1) is 8.09. The van der Waals surface area contributed by atoms with Crippen molar-refractivity contribution in [3.63, 3.8) is 0 Å². The molecule has 0 aromatic heterocycles. The van der Waals surface area contributed by atoms with E-state index < -0.39 is 0 Å². The van der Waals surface area contributed by atoms with Gasteiger partial charge in [-0.25, -0.2) is 0 Å². The van der Waals surface area contributed by atoms with Crippen LogP contribution in [-0.2, 0) is 0 Å². The summed E-state index contributed by atoms with van der Waals surface area (Å²) in [7, 11) is 0. The summed E-state index contributed by atoms with van der Waals surface area (Å²) < 4.78 is 1.06. The Balaban J connectivity index is 2.44. The molecule has 0 spiro atoms. The molecule has 0 radical (unpaired) electrons. The molecular formula is C14H13BrClN. The quantitative estimate of drug-likeness (QED) is 0.871. The highest BCUT2D eigenvalue weighted by Crippen LogP contribution is 2.29. The van der Waals surface area contributed by atoms with Gasteiger partial charge in [0.05, 0.1) is 6.04 Å². The molecule has 88 valence electrons. The Hall–Kier alpha value is -0.830. The number of aryl methyl sites for hydroxylation is 1. The average molecular weight is 311 g/mol. The summed E-state index contributed by atoms with van der Waals surface area (Å²) in [5.74, 6) is 0. The maximum Gasteiger partial charge on any atom is 0.0569 e. The van der Waals surface area contributed by atoms with Crippen molar-refractivity contribution in [1.82, 2.24) is 0 Å². The number of rotatable bonds is 2. The lowest BCUT2D eigenvalue weighted by Gasteiger charge is -2.16. The number of halogens is 2. The summed E-state index contributed by atoms with van der Waals surface area (Å²) in [6, 6.07) is 13.6. The minimum atomic E-state index is -0.184. The van der Waals surface area contributed by atoms with Crippen LogP contribution in [0.4, 0.5) is 0 Å². The summed E-state index contributed by atoms with van der Waals surface area (Å²) in [6.45, 7) is 2.05. The molecule has 0 amide bonds. The topological polar surface area (TPSA) is 26.0 Å². The minimum absolute atomic E-state index is 0.184. The fraction of sp³-hybridized carbons (Fsp3) is 0.143. The van der Waals surface area contributed by atoms with Crippen molar-refractivity contribution >= 4 is 27.5 Å². The van der Waals surface area contributed by atoms with E-state index >= 15 is 0 Å². The lowest BCUT2D eigenvalue weighted by molar-refractivity contribution is 0.861. The highest BCUT2D eigenvalue weighted by atomic mass is 79.9. The Morgan fingerprint density at radius 3 is 2.47 bits per heavy atom. The van der Waals surface area contributed by atoms with Crippen LogP contribution in [0.15, 0.2) is 46.9 Å². The molecule has 1 nitrogen and oxygen atoms in total. The maximum atomic E-state index is 6.27. The van der Waals surface area contributed by atoms with Crippen LogP contribution in [-0.4, -0.2) is 0 Å². The summed E-state index contributed by atoms with van der Waals surface area (Å²) in [5, 5.41) is 0.710. The maximum absolute atomic E-state index is 6.27. The van der Waals surface area contributed by atoms with Crippen molar-refractivity contribution < 1.29 is 0 Å². The van der Waals surface area contributed by atoms with Gasteiger partial charge in [-0.15, -0.1) is 0 Å². The third-order valence-electron chi connectivity index (χ3n) is 2.81. The molecule has 0 saturated heterocycles. The van der Waals surface area contributed by atoms with E-state index in [0.29, 0.717) is 5.02 Å². The molecule has 0 aliphatic heterocycles. The van der Waals surface area contributed by atoms with E-state index in [-0.39, 0.29) is 6.04 Å². The summed E-state index contributed by atoms with van der Waals surface area (Å²) in [4.78, 5) is 0. The smallest absolute Gasteiger partial charge is 0.0569 e. The fourth-order valence-corrected chi connectivity index (χ4v) is 2.61. The van der Waals surface area contributed by atoms with E-state index in [0.717, 1.165) is 21.2 Å². The van der Waals surface area contributed by atoms with Gasteiger partial charge in [-0.1, -0.05) is 51.8 Å². The second-order valence-electron chi connectivity index (χ2n) is 4.00. The third-order valence-corrected chi connectivity index (χ3v) is 3.64. The Kier molecular flexibility index (Phi) is 3.87. The largest absolute Gasteiger partial charge is 0.320 e. The van der Waals surface area contributed by atoms with Crippen LogP contribution in [0, 0.1) is 6.92 Å². The van der Waals surface area contributed by atoms with Gasteiger partial charge in [0.2, 0.25) is 0 Å². The molecule has 3 heteroatoms. The van der Waals surface area contributed by atoms with Crippen molar-refractivity contribution in [3.05, 3.63) is 68.7 Å². The SMILES string of the molecule is Cc1cc(Br)ccc1C(N)c1ccccc1Cl. The standard InChI is InChI=1S/C14H13BrClN/c1-9-8-10(15)6-7-11(9)14(17)12-4-2-3-5-13(12)16/h2-8,14H,17H2,1H3. The number of nitrogens with two attached hydrogens (primary N) is 1. The Labute approximate surface area is 115 Å². The molecule has 0 saturated carbocycles. The Bertz CT molecular complexity index is 539. The van der Waals surface area contributed by atoms with Crippen molar-refractivity contribution in [2.24, 2.45) is 5.73 Å². The van der Waals surface area contributed by atoms with Gasteiger partial charge in [0.15, 0.2) is 0 Å².